The fourth-order valence-corrected chi connectivity index (χ4v) is 3.54. The molecule has 0 aliphatic carbocycles. The molecule has 5 nitrogen and oxygen atoms in total. The summed E-state index contributed by atoms with van der Waals surface area (Å²) in [4.78, 5) is 15.5. The van der Waals surface area contributed by atoms with Gasteiger partial charge in [-0.1, -0.05) is 24.3 Å². The van der Waals surface area contributed by atoms with Crippen molar-refractivity contribution in [1.82, 2.24) is 4.90 Å². The van der Waals surface area contributed by atoms with E-state index in [2.05, 4.69) is 48.8 Å². The van der Waals surface area contributed by atoms with Crippen LogP contribution in [0.25, 0.3) is 0 Å². The summed E-state index contributed by atoms with van der Waals surface area (Å²) in [7, 11) is 0. The Morgan fingerprint density at radius 3 is 2.40 bits per heavy atom. The first-order valence-electron chi connectivity index (χ1n) is 8.77. The SMILES string of the molecule is Cc1cccc(N2CCN(C(C)c3cccc([N+](=O)[O-])c3)CC2)c1C. The monoisotopic (exact) mass is 339 g/mol. The molecule has 132 valence electrons. The lowest BCUT2D eigenvalue weighted by atomic mass is 10.0. The average molecular weight is 339 g/mol. The lowest BCUT2D eigenvalue weighted by molar-refractivity contribution is -0.384. The second-order valence-electron chi connectivity index (χ2n) is 6.77. The van der Waals surface area contributed by atoms with Crippen molar-refractivity contribution in [3.63, 3.8) is 0 Å². The number of nitro benzene ring substituents is 1. The molecule has 0 radical (unpaired) electrons. The Hall–Kier alpha value is -2.40. The van der Waals surface area contributed by atoms with E-state index in [9.17, 15) is 10.1 Å². The number of hydrogen-bond acceptors (Lipinski definition) is 4. The Bertz CT molecular complexity index is 767. The van der Waals surface area contributed by atoms with E-state index < -0.39 is 0 Å². The molecule has 0 amide bonds. The minimum Gasteiger partial charge on any atom is -0.369 e. The molecule has 1 heterocycles. The van der Waals surface area contributed by atoms with Crippen LogP contribution in [0.4, 0.5) is 11.4 Å². The van der Waals surface area contributed by atoms with Crippen LogP contribution in [0.3, 0.4) is 0 Å². The average Bonchev–Trinajstić information content (AvgIpc) is 2.63. The molecule has 2 aromatic carbocycles. The van der Waals surface area contributed by atoms with E-state index in [1.807, 2.05) is 6.07 Å². The number of benzene rings is 2. The van der Waals surface area contributed by atoms with Crippen LogP contribution < -0.4 is 4.90 Å². The van der Waals surface area contributed by atoms with Crippen molar-refractivity contribution in [1.29, 1.82) is 0 Å². The van der Waals surface area contributed by atoms with Gasteiger partial charge in [-0.25, -0.2) is 0 Å². The molecule has 1 saturated heterocycles. The van der Waals surface area contributed by atoms with Gasteiger partial charge >= 0.3 is 0 Å². The fourth-order valence-electron chi connectivity index (χ4n) is 3.54. The Morgan fingerprint density at radius 1 is 1.04 bits per heavy atom. The quantitative estimate of drug-likeness (QED) is 0.622. The van der Waals surface area contributed by atoms with Crippen molar-refractivity contribution in [3.8, 4) is 0 Å². The molecule has 1 atom stereocenters. The minimum absolute atomic E-state index is 0.165. The van der Waals surface area contributed by atoms with E-state index in [4.69, 9.17) is 0 Å². The second kappa shape index (κ2) is 7.23. The Morgan fingerprint density at radius 2 is 1.72 bits per heavy atom. The maximum Gasteiger partial charge on any atom is 0.269 e. The third-order valence-electron chi connectivity index (χ3n) is 5.34. The molecule has 1 fully saturated rings. The number of rotatable bonds is 4. The summed E-state index contributed by atoms with van der Waals surface area (Å²) in [5, 5.41) is 11.0. The van der Waals surface area contributed by atoms with Crippen LogP contribution in [-0.2, 0) is 0 Å². The summed E-state index contributed by atoms with van der Waals surface area (Å²) in [6.07, 6.45) is 0. The lowest BCUT2D eigenvalue weighted by Gasteiger charge is -2.40. The smallest absolute Gasteiger partial charge is 0.269 e. The van der Waals surface area contributed by atoms with Crippen LogP contribution in [0.15, 0.2) is 42.5 Å². The third-order valence-corrected chi connectivity index (χ3v) is 5.34. The molecule has 1 aliphatic heterocycles. The Balaban J connectivity index is 1.68. The number of piperazine rings is 1. The number of aryl methyl sites for hydroxylation is 1. The van der Waals surface area contributed by atoms with Gasteiger partial charge in [-0.05, 0) is 43.5 Å². The van der Waals surface area contributed by atoms with Crippen LogP contribution in [0, 0.1) is 24.0 Å². The summed E-state index contributed by atoms with van der Waals surface area (Å²) in [6, 6.07) is 13.7. The van der Waals surface area contributed by atoms with Crippen LogP contribution >= 0.6 is 0 Å². The van der Waals surface area contributed by atoms with Gasteiger partial charge in [-0.2, -0.15) is 0 Å². The number of non-ortho nitro benzene ring substituents is 1. The summed E-state index contributed by atoms with van der Waals surface area (Å²) < 4.78 is 0. The number of hydrogen-bond donors (Lipinski definition) is 0. The van der Waals surface area contributed by atoms with E-state index in [0.717, 1.165) is 31.7 Å². The van der Waals surface area contributed by atoms with Crippen LogP contribution in [0.2, 0.25) is 0 Å². The zero-order chi connectivity index (χ0) is 18.0. The van der Waals surface area contributed by atoms with Crippen molar-refractivity contribution in [2.45, 2.75) is 26.8 Å². The van der Waals surface area contributed by atoms with Gasteiger partial charge in [0.15, 0.2) is 0 Å². The predicted octanol–water partition coefficient (Wildman–Crippen LogP) is 4.09. The predicted molar refractivity (Wildman–Crippen MR) is 101 cm³/mol. The Kier molecular flexibility index (Phi) is 5.04. The zero-order valence-corrected chi connectivity index (χ0v) is 15.1. The van der Waals surface area contributed by atoms with Crippen LogP contribution in [-0.4, -0.2) is 36.0 Å². The van der Waals surface area contributed by atoms with E-state index >= 15 is 0 Å². The van der Waals surface area contributed by atoms with Gasteiger partial charge in [0.05, 0.1) is 4.92 Å². The van der Waals surface area contributed by atoms with Crippen molar-refractivity contribution in [2.24, 2.45) is 0 Å². The largest absolute Gasteiger partial charge is 0.369 e. The second-order valence-corrected chi connectivity index (χ2v) is 6.77. The van der Waals surface area contributed by atoms with E-state index in [1.165, 1.54) is 16.8 Å². The summed E-state index contributed by atoms with van der Waals surface area (Å²) in [6.45, 7) is 10.3. The van der Waals surface area contributed by atoms with Gasteiger partial charge in [-0.15, -0.1) is 0 Å². The molecule has 3 rings (SSSR count). The Labute approximate surface area is 149 Å². The van der Waals surface area contributed by atoms with Crippen LogP contribution in [0.1, 0.15) is 29.7 Å². The van der Waals surface area contributed by atoms with Crippen molar-refractivity contribution in [3.05, 3.63) is 69.3 Å². The van der Waals surface area contributed by atoms with Gasteiger partial charge in [0.2, 0.25) is 0 Å². The van der Waals surface area contributed by atoms with Gasteiger partial charge in [0, 0.05) is 50.0 Å². The molecule has 2 aromatic rings. The number of nitro groups is 1. The minimum atomic E-state index is -0.325. The van der Waals surface area contributed by atoms with Crippen molar-refractivity contribution >= 4 is 11.4 Å². The molecule has 0 spiro atoms. The highest BCUT2D eigenvalue weighted by atomic mass is 16.6. The van der Waals surface area contributed by atoms with Gasteiger partial charge in [-0.3, -0.25) is 15.0 Å². The molecule has 0 N–H and O–H groups in total. The summed E-state index contributed by atoms with van der Waals surface area (Å²) in [5.41, 5.74) is 5.17. The van der Waals surface area contributed by atoms with E-state index in [1.54, 1.807) is 18.2 Å². The third kappa shape index (κ3) is 3.66. The maximum absolute atomic E-state index is 11.0. The zero-order valence-electron chi connectivity index (χ0n) is 15.1. The lowest BCUT2D eigenvalue weighted by Crippen LogP contribution is -2.47. The molecule has 25 heavy (non-hydrogen) atoms. The van der Waals surface area contributed by atoms with E-state index in [0.29, 0.717) is 0 Å². The summed E-state index contributed by atoms with van der Waals surface area (Å²) in [5.74, 6) is 0. The highest BCUT2D eigenvalue weighted by Gasteiger charge is 2.24. The highest BCUT2D eigenvalue weighted by molar-refractivity contribution is 5.56. The van der Waals surface area contributed by atoms with Gasteiger partial charge in [0.1, 0.15) is 0 Å². The van der Waals surface area contributed by atoms with Gasteiger partial charge in [0.25, 0.3) is 5.69 Å². The fraction of sp³-hybridized carbons (Fsp3) is 0.400. The topological polar surface area (TPSA) is 49.6 Å². The standard InChI is InChI=1S/C20H25N3O2/c1-15-6-4-9-20(16(15)2)22-12-10-21(11-13-22)17(3)18-7-5-8-19(14-18)23(24)25/h4-9,14,17H,10-13H2,1-3H3. The van der Waals surface area contributed by atoms with Gasteiger partial charge < -0.3 is 4.90 Å². The molecule has 5 heteroatoms. The first-order chi connectivity index (χ1) is 12.0. The molecule has 1 aliphatic rings. The van der Waals surface area contributed by atoms with Crippen molar-refractivity contribution in [2.75, 3.05) is 31.1 Å². The molecular weight excluding hydrogens is 314 g/mol. The molecular formula is C20H25N3O2. The summed E-state index contributed by atoms with van der Waals surface area (Å²) >= 11 is 0. The molecule has 0 bridgehead atoms. The molecule has 0 saturated carbocycles. The van der Waals surface area contributed by atoms with Crippen LogP contribution in [0.5, 0.6) is 0 Å². The molecule has 1 unspecified atom stereocenters. The highest BCUT2D eigenvalue weighted by Crippen LogP contribution is 2.28. The normalized spacial score (nSPS) is 16.7. The number of nitrogens with zero attached hydrogens (tertiary/aromatic N) is 3. The first kappa shape index (κ1) is 17.4. The van der Waals surface area contributed by atoms with Crippen molar-refractivity contribution < 1.29 is 4.92 Å². The molecule has 0 aromatic heterocycles. The first-order valence-corrected chi connectivity index (χ1v) is 8.77. The number of anilines is 1. The maximum atomic E-state index is 11.0. The van der Waals surface area contributed by atoms with E-state index in [-0.39, 0.29) is 16.7 Å².